The third kappa shape index (κ3) is 5.41. The Morgan fingerprint density at radius 2 is 1.92 bits per heavy atom. The van der Waals surface area contributed by atoms with Gasteiger partial charge >= 0.3 is 0 Å². The molecule has 1 aliphatic rings. The second-order valence-electron chi connectivity index (χ2n) is 3.92. The van der Waals surface area contributed by atoms with Crippen molar-refractivity contribution in [1.82, 2.24) is 0 Å². The van der Waals surface area contributed by atoms with E-state index < -0.39 is 0 Å². The predicted molar refractivity (Wildman–Crippen MR) is 63.1 cm³/mol. The first-order valence-corrected chi connectivity index (χ1v) is 6.68. The van der Waals surface area contributed by atoms with Crippen LogP contribution in [-0.2, 0) is 0 Å². The largest absolute Gasteiger partial charge is 0.131 e. The molecule has 1 aliphatic heterocycles. The second-order valence-corrected chi connectivity index (χ2v) is 5.13. The standard InChI is InChI=1S/C12H22S/c1-2-3-4-5-6-7-9-12-10-8-11-13-12/h8,11-12H,2-7,9-10H2,1H3. The third-order valence-electron chi connectivity index (χ3n) is 2.65. The van der Waals surface area contributed by atoms with E-state index in [2.05, 4.69) is 18.4 Å². The normalized spacial score (nSPS) is 21.2. The molecule has 0 aromatic rings. The monoisotopic (exact) mass is 198 g/mol. The fourth-order valence-corrected chi connectivity index (χ4v) is 2.74. The van der Waals surface area contributed by atoms with Gasteiger partial charge in [0.15, 0.2) is 0 Å². The molecule has 1 rings (SSSR count). The van der Waals surface area contributed by atoms with Crippen LogP contribution in [0, 0.1) is 0 Å². The summed E-state index contributed by atoms with van der Waals surface area (Å²) < 4.78 is 0. The number of hydrogen-bond acceptors (Lipinski definition) is 1. The molecule has 0 amide bonds. The van der Waals surface area contributed by atoms with Gasteiger partial charge in [-0.05, 0) is 18.2 Å². The first kappa shape index (κ1) is 11.2. The van der Waals surface area contributed by atoms with Gasteiger partial charge in [0.05, 0.1) is 0 Å². The lowest BCUT2D eigenvalue weighted by molar-refractivity contribution is 0.583. The minimum atomic E-state index is 0.922. The molecule has 0 nitrogen and oxygen atoms in total. The Morgan fingerprint density at radius 3 is 2.62 bits per heavy atom. The number of allylic oxidation sites excluding steroid dienone is 1. The van der Waals surface area contributed by atoms with E-state index in [-0.39, 0.29) is 0 Å². The lowest BCUT2D eigenvalue weighted by atomic mass is 10.1. The molecule has 1 unspecified atom stereocenters. The Morgan fingerprint density at radius 1 is 1.15 bits per heavy atom. The van der Waals surface area contributed by atoms with Crippen molar-refractivity contribution < 1.29 is 0 Å². The summed E-state index contributed by atoms with van der Waals surface area (Å²) >= 11 is 2.03. The third-order valence-corrected chi connectivity index (χ3v) is 3.81. The van der Waals surface area contributed by atoms with Crippen molar-refractivity contribution in [3.8, 4) is 0 Å². The molecule has 0 N–H and O–H groups in total. The van der Waals surface area contributed by atoms with E-state index in [1.54, 1.807) is 0 Å². The van der Waals surface area contributed by atoms with E-state index in [1.165, 1.54) is 51.4 Å². The van der Waals surface area contributed by atoms with E-state index in [4.69, 9.17) is 0 Å². The Hall–Kier alpha value is 0.0900. The number of unbranched alkanes of at least 4 members (excludes halogenated alkanes) is 5. The lowest BCUT2D eigenvalue weighted by Gasteiger charge is -2.07. The van der Waals surface area contributed by atoms with Gasteiger partial charge in [-0.15, -0.1) is 11.8 Å². The highest BCUT2D eigenvalue weighted by molar-refractivity contribution is 8.02. The van der Waals surface area contributed by atoms with Crippen molar-refractivity contribution in [1.29, 1.82) is 0 Å². The average Bonchev–Trinajstić information content (AvgIpc) is 2.63. The van der Waals surface area contributed by atoms with Crippen molar-refractivity contribution in [2.24, 2.45) is 0 Å². The highest BCUT2D eigenvalue weighted by Crippen LogP contribution is 2.28. The summed E-state index contributed by atoms with van der Waals surface area (Å²) in [4.78, 5) is 0. The summed E-state index contributed by atoms with van der Waals surface area (Å²) in [6.45, 7) is 2.28. The van der Waals surface area contributed by atoms with Gasteiger partial charge in [0, 0.05) is 5.25 Å². The van der Waals surface area contributed by atoms with Gasteiger partial charge in [-0.3, -0.25) is 0 Å². The lowest BCUT2D eigenvalue weighted by Crippen LogP contribution is -1.95. The highest BCUT2D eigenvalue weighted by Gasteiger charge is 2.09. The van der Waals surface area contributed by atoms with Gasteiger partial charge in [-0.1, -0.05) is 51.5 Å². The van der Waals surface area contributed by atoms with Crippen molar-refractivity contribution in [2.75, 3.05) is 0 Å². The van der Waals surface area contributed by atoms with Crippen LogP contribution in [-0.4, -0.2) is 5.25 Å². The van der Waals surface area contributed by atoms with Gasteiger partial charge < -0.3 is 0 Å². The van der Waals surface area contributed by atoms with Crippen LogP contribution >= 0.6 is 11.8 Å². The first-order valence-electron chi connectivity index (χ1n) is 5.74. The van der Waals surface area contributed by atoms with Gasteiger partial charge in [0.25, 0.3) is 0 Å². The molecule has 0 aromatic heterocycles. The Labute approximate surface area is 87.2 Å². The minimum Gasteiger partial charge on any atom is -0.131 e. The predicted octanol–water partition coefficient (Wildman–Crippen LogP) is 4.76. The summed E-state index contributed by atoms with van der Waals surface area (Å²) in [5.41, 5.74) is 0. The maximum absolute atomic E-state index is 2.31. The smallest absolute Gasteiger partial charge is 0.0123 e. The zero-order chi connectivity index (χ0) is 9.36. The number of rotatable bonds is 7. The maximum atomic E-state index is 2.31. The molecule has 0 aromatic carbocycles. The van der Waals surface area contributed by atoms with Crippen LogP contribution in [0.5, 0.6) is 0 Å². The molecule has 0 saturated heterocycles. The fraction of sp³-hybridized carbons (Fsp3) is 0.833. The van der Waals surface area contributed by atoms with Crippen molar-refractivity contribution in [3.05, 3.63) is 11.5 Å². The molecule has 0 fully saturated rings. The van der Waals surface area contributed by atoms with E-state index in [1.807, 2.05) is 11.8 Å². The zero-order valence-electron chi connectivity index (χ0n) is 8.80. The molecule has 0 radical (unpaired) electrons. The average molecular weight is 198 g/mol. The second kappa shape index (κ2) is 7.49. The summed E-state index contributed by atoms with van der Waals surface area (Å²) in [7, 11) is 0. The maximum Gasteiger partial charge on any atom is 0.0123 e. The van der Waals surface area contributed by atoms with E-state index >= 15 is 0 Å². The van der Waals surface area contributed by atoms with Gasteiger partial charge in [-0.25, -0.2) is 0 Å². The molecule has 0 saturated carbocycles. The summed E-state index contributed by atoms with van der Waals surface area (Å²) in [5, 5.41) is 3.19. The minimum absolute atomic E-state index is 0.922. The summed E-state index contributed by atoms with van der Waals surface area (Å²) in [6, 6.07) is 0. The van der Waals surface area contributed by atoms with E-state index in [9.17, 15) is 0 Å². The van der Waals surface area contributed by atoms with Crippen LogP contribution in [0.1, 0.15) is 58.3 Å². The first-order chi connectivity index (χ1) is 6.43. The Kier molecular flexibility index (Phi) is 6.43. The molecule has 1 heteroatoms. The zero-order valence-corrected chi connectivity index (χ0v) is 9.61. The van der Waals surface area contributed by atoms with Gasteiger partial charge in [0.2, 0.25) is 0 Å². The van der Waals surface area contributed by atoms with Crippen LogP contribution in [0.25, 0.3) is 0 Å². The molecule has 0 bridgehead atoms. The quantitative estimate of drug-likeness (QED) is 0.532. The van der Waals surface area contributed by atoms with Crippen molar-refractivity contribution >= 4 is 11.8 Å². The van der Waals surface area contributed by atoms with Crippen molar-refractivity contribution in [3.63, 3.8) is 0 Å². The summed E-state index contributed by atoms with van der Waals surface area (Å²) in [6.07, 6.45) is 13.7. The molecule has 1 atom stereocenters. The summed E-state index contributed by atoms with van der Waals surface area (Å²) in [5.74, 6) is 0. The van der Waals surface area contributed by atoms with Crippen LogP contribution in [0.2, 0.25) is 0 Å². The molecule has 1 heterocycles. The topological polar surface area (TPSA) is 0 Å². The molecule has 13 heavy (non-hydrogen) atoms. The SMILES string of the molecule is CCCCCCCCC1CC=CS1. The molecular formula is C12H22S. The number of hydrogen-bond donors (Lipinski definition) is 0. The molecule has 76 valence electrons. The van der Waals surface area contributed by atoms with Gasteiger partial charge in [0.1, 0.15) is 0 Å². The van der Waals surface area contributed by atoms with Gasteiger partial charge in [-0.2, -0.15) is 0 Å². The molecule has 0 spiro atoms. The molecular weight excluding hydrogens is 176 g/mol. The van der Waals surface area contributed by atoms with Crippen LogP contribution in [0.4, 0.5) is 0 Å². The number of thioether (sulfide) groups is 1. The fourth-order valence-electron chi connectivity index (χ4n) is 1.77. The highest BCUT2D eigenvalue weighted by atomic mass is 32.2. The van der Waals surface area contributed by atoms with Crippen LogP contribution < -0.4 is 0 Å². The van der Waals surface area contributed by atoms with E-state index in [0.717, 1.165) is 5.25 Å². The van der Waals surface area contributed by atoms with Crippen LogP contribution in [0.15, 0.2) is 11.5 Å². The van der Waals surface area contributed by atoms with Crippen LogP contribution in [0.3, 0.4) is 0 Å². The van der Waals surface area contributed by atoms with E-state index in [0.29, 0.717) is 0 Å². The Balaban J connectivity index is 1.78. The Bertz CT molecular complexity index is 132. The van der Waals surface area contributed by atoms with Crippen molar-refractivity contribution in [2.45, 2.75) is 63.5 Å². The molecule has 0 aliphatic carbocycles.